The lowest BCUT2D eigenvalue weighted by Crippen LogP contribution is -2.40. The molecule has 0 bridgehead atoms. The van der Waals surface area contributed by atoms with E-state index >= 15 is 0 Å². The Bertz CT molecular complexity index is 902. The van der Waals surface area contributed by atoms with Crippen molar-refractivity contribution in [3.8, 4) is 0 Å². The van der Waals surface area contributed by atoms with E-state index in [1.165, 1.54) is 0 Å². The Hall–Kier alpha value is -2.63. The zero-order valence-corrected chi connectivity index (χ0v) is 16.7. The zero-order valence-electron chi connectivity index (χ0n) is 16.7. The second-order valence-corrected chi connectivity index (χ2v) is 8.16. The van der Waals surface area contributed by atoms with Gasteiger partial charge in [-0.05, 0) is 62.6 Å². The van der Waals surface area contributed by atoms with Crippen LogP contribution in [0.3, 0.4) is 0 Å². The highest BCUT2D eigenvalue weighted by molar-refractivity contribution is 6.05. The molecule has 6 nitrogen and oxygen atoms in total. The average molecular weight is 380 g/mol. The number of piperidine rings is 1. The summed E-state index contributed by atoms with van der Waals surface area (Å²) in [7, 11) is 0. The van der Waals surface area contributed by atoms with Crippen molar-refractivity contribution in [2.45, 2.75) is 52.5 Å². The van der Waals surface area contributed by atoms with E-state index in [0.29, 0.717) is 17.4 Å². The summed E-state index contributed by atoms with van der Waals surface area (Å²) in [5.74, 6) is 0.669. The van der Waals surface area contributed by atoms with Gasteiger partial charge in [0.25, 0.3) is 11.8 Å². The van der Waals surface area contributed by atoms with E-state index in [2.05, 4.69) is 17.2 Å². The first-order valence-corrected chi connectivity index (χ1v) is 10.3. The minimum absolute atomic E-state index is 0.0377. The third-order valence-corrected chi connectivity index (χ3v) is 5.74. The molecule has 2 aromatic rings. The van der Waals surface area contributed by atoms with E-state index in [1.807, 2.05) is 40.7 Å². The van der Waals surface area contributed by atoms with E-state index in [0.717, 1.165) is 68.7 Å². The number of anilines is 1. The van der Waals surface area contributed by atoms with Crippen molar-refractivity contribution < 1.29 is 9.59 Å². The van der Waals surface area contributed by atoms with Gasteiger partial charge >= 0.3 is 0 Å². The summed E-state index contributed by atoms with van der Waals surface area (Å²) in [4.78, 5) is 32.6. The fraction of sp³-hybridized carbons (Fsp3) is 0.500. The van der Waals surface area contributed by atoms with Crippen LogP contribution < -0.4 is 5.32 Å². The van der Waals surface area contributed by atoms with Gasteiger partial charge in [0.1, 0.15) is 0 Å². The van der Waals surface area contributed by atoms with Crippen LogP contribution in [0, 0.1) is 12.8 Å². The van der Waals surface area contributed by atoms with Crippen LogP contribution in [0.1, 0.15) is 65.0 Å². The number of fused-ring (bicyclic) bond motifs is 1. The number of hydrogen-bond donors (Lipinski definition) is 1. The highest BCUT2D eigenvalue weighted by atomic mass is 16.2. The van der Waals surface area contributed by atoms with Crippen LogP contribution in [0.15, 0.2) is 24.3 Å². The molecule has 2 aliphatic heterocycles. The molecular formula is C22H28N4O2. The first-order valence-electron chi connectivity index (χ1n) is 10.3. The first kappa shape index (κ1) is 18.7. The monoisotopic (exact) mass is 380 g/mol. The Balaban J connectivity index is 1.63. The maximum Gasteiger partial charge on any atom is 0.289 e. The molecule has 3 heterocycles. The van der Waals surface area contributed by atoms with Gasteiger partial charge in [0.15, 0.2) is 11.5 Å². The van der Waals surface area contributed by atoms with Crippen LogP contribution in [-0.4, -0.2) is 39.4 Å². The number of carbonyl (C=O) groups excluding carboxylic acids is 2. The maximum atomic E-state index is 13.2. The summed E-state index contributed by atoms with van der Waals surface area (Å²) in [6.45, 7) is 6.47. The molecule has 1 aromatic heterocycles. The summed E-state index contributed by atoms with van der Waals surface area (Å²) in [6, 6.07) is 7.71. The quantitative estimate of drug-likeness (QED) is 0.884. The van der Waals surface area contributed by atoms with Crippen LogP contribution in [0.25, 0.3) is 0 Å². The first-order chi connectivity index (χ1) is 13.5. The summed E-state index contributed by atoms with van der Waals surface area (Å²) < 4.78 is 1.98. The number of imidazole rings is 1. The topological polar surface area (TPSA) is 67.2 Å². The van der Waals surface area contributed by atoms with Crippen molar-refractivity contribution in [3.63, 3.8) is 0 Å². The van der Waals surface area contributed by atoms with Gasteiger partial charge in [0, 0.05) is 25.3 Å². The lowest BCUT2D eigenvalue weighted by molar-refractivity contribution is 0.0664. The number of aromatic nitrogens is 2. The second-order valence-electron chi connectivity index (χ2n) is 8.16. The third-order valence-electron chi connectivity index (χ3n) is 5.74. The van der Waals surface area contributed by atoms with Crippen molar-refractivity contribution in [1.29, 1.82) is 0 Å². The van der Waals surface area contributed by atoms with Crippen molar-refractivity contribution >= 4 is 17.5 Å². The number of amides is 2. The predicted molar refractivity (Wildman–Crippen MR) is 109 cm³/mol. The van der Waals surface area contributed by atoms with Gasteiger partial charge in [-0.15, -0.1) is 0 Å². The Labute approximate surface area is 165 Å². The number of likely N-dealkylation sites (tertiary alicyclic amines) is 1. The molecule has 0 radical (unpaired) electrons. The van der Waals surface area contributed by atoms with Crippen LogP contribution in [0.4, 0.5) is 5.69 Å². The molecule has 2 amide bonds. The highest BCUT2D eigenvalue weighted by Crippen LogP contribution is 2.25. The number of hydrogen-bond acceptors (Lipinski definition) is 3. The molecule has 0 aliphatic carbocycles. The van der Waals surface area contributed by atoms with E-state index in [9.17, 15) is 9.59 Å². The Morgan fingerprint density at radius 2 is 2.04 bits per heavy atom. The second kappa shape index (κ2) is 7.78. The Morgan fingerprint density at radius 3 is 2.82 bits per heavy atom. The van der Waals surface area contributed by atoms with Crippen LogP contribution in [-0.2, 0) is 13.0 Å². The van der Waals surface area contributed by atoms with Gasteiger partial charge in [-0.25, -0.2) is 4.98 Å². The zero-order chi connectivity index (χ0) is 19.7. The number of nitrogens with one attached hydrogen (secondary N) is 1. The summed E-state index contributed by atoms with van der Waals surface area (Å²) in [5, 5.41) is 2.95. The predicted octanol–water partition coefficient (Wildman–Crippen LogP) is 3.65. The van der Waals surface area contributed by atoms with Gasteiger partial charge in [0.05, 0.1) is 5.69 Å². The number of carbonyl (C=O) groups is 2. The average Bonchev–Trinajstić information content (AvgIpc) is 3.07. The molecule has 1 N–H and O–H groups in total. The molecule has 1 unspecified atom stereocenters. The van der Waals surface area contributed by atoms with Crippen LogP contribution in [0.5, 0.6) is 0 Å². The minimum Gasteiger partial charge on any atom is -0.336 e. The van der Waals surface area contributed by atoms with Gasteiger partial charge in [0.2, 0.25) is 0 Å². The lowest BCUT2D eigenvalue weighted by atomic mass is 10.0. The van der Waals surface area contributed by atoms with Crippen molar-refractivity contribution in [1.82, 2.24) is 14.5 Å². The number of rotatable bonds is 3. The Morgan fingerprint density at radius 1 is 1.18 bits per heavy atom. The molecule has 1 saturated heterocycles. The summed E-state index contributed by atoms with van der Waals surface area (Å²) in [6.07, 6.45) is 5.01. The smallest absolute Gasteiger partial charge is 0.289 e. The molecule has 0 spiro atoms. The summed E-state index contributed by atoms with van der Waals surface area (Å²) >= 11 is 0. The normalized spacial score (nSPS) is 19.2. The lowest BCUT2D eigenvalue weighted by Gasteiger charge is -2.31. The molecule has 28 heavy (non-hydrogen) atoms. The number of benzene rings is 1. The molecular weight excluding hydrogens is 352 g/mol. The highest BCUT2D eigenvalue weighted by Gasteiger charge is 2.31. The molecule has 0 saturated carbocycles. The molecule has 148 valence electrons. The van der Waals surface area contributed by atoms with Gasteiger partial charge in [-0.2, -0.15) is 0 Å². The molecule has 1 fully saturated rings. The van der Waals surface area contributed by atoms with Gasteiger partial charge in [-0.3, -0.25) is 9.59 Å². The summed E-state index contributed by atoms with van der Waals surface area (Å²) in [5.41, 5.74) is 3.12. The van der Waals surface area contributed by atoms with E-state index < -0.39 is 0 Å². The molecule has 1 atom stereocenters. The van der Waals surface area contributed by atoms with Gasteiger partial charge in [-0.1, -0.05) is 19.1 Å². The third kappa shape index (κ3) is 3.68. The minimum atomic E-state index is -0.234. The van der Waals surface area contributed by atoms with Crippen molar-refractivity contribution in [2.75, 3.05) is 18.4 Å². The SMILES string of the molecule is Cc1cccc(NC(=O)c2nc(C(=O)N3CCCC(C)C3)n3c2CCCC3)c1. The van der Waals surface area contributed by atoms with Crippen LogP contribution in [0.2, 0.25) is 0 Å². The van der Waals surface area contributed by atoms with E-state index in [4.69, 9.17) is 0 Å². The fourth-order valence-corrected chi connectivity index (χ4v) is 4.32. The van der Waals surface area contributed by atoms with E-state index in [1.54, 1.807) is 0 Å². The van der Waals surface area contributed by atoms with Gasteiger partial charge < -0.3 is 14.8 Å². The number of aryl methyl sites for hydroxylation is 1. The Kier molecular flexibility index (Phi) is 5.20. The molecule has 6 heteroatoms. The molecule has 1 aromatic carbocycles. The standard InChI is InChI=1S/C22H28N4O2/c1-15-7-5-9-17(13-15)23-21(27)19-18-10-3-4-12-26(18)20(24-19)22(28)25-11-6-8-16(2)14-25/h5,7,9,13,16H,3-4,6,8,10-12,14H2,1-2H3,(H,23,27). The maximum absolute atomic E-state index is 13.2. The van der Waals surface area contributed by atoms with E-state index in [-0.39, 0.29) is 11.8 Å². The fourth-order valence-electron chi connectivity index (χ4n) is 4.32. The largest absolute Gasteiger partial charge is 0.336 e. The molecule has 2 aliphatic rings. The number of nitrogens with zero attached hydrogens (tertiary/aromatic N) is 3. The molecule has 4 rings (SSSR count). The van der Waals surface area contributed by atoms with Crippen molar-refractivity contribution in [2.24, 2.45) is 5.92 Å². The van der Waals surface area contributed by atoms with Crippen molar-refractivity contribution in [3.05, 3.63) is 47.0 Å². The van der Waals surface area contributed by atoms with Crippen LogP contribution >= 0.6 is 0 Å².